The molecule has 0 aliphatic carbocycles. The molecule has 21 heavy (non-hydrogen) atoms. The topological polar surface area (TPSA) is 40.6 Å². The zero-order chi connectivity index (χ0) is 15.7. The van der Waals surface area contributed by atoms with Crippen molar-refractivity contribution >= 4 is 0 Å². The number of halogens is 3. The second kappa shape index (κ2) is 7.98. The molecule has 0 spiro atoms. The van der Waals surface area contributed by atoms with E-state index in [4.69, 9.17) is 9.47 Å². The molecule has 1 aromatic carbocycles. The number of rotatable bonds is 3. The number of aromatic nitrogens is 1. The van der Waals surface area contributed by atoms with Gasteiger partial charge in [-0.25, -0.2) is 0 Å². The molecule has 114 valence electrons. The van der Waals surface area contributed by atoms with Crippen LogP contribution in [0.5, 0.6) is 17.2 Å². The van der Waals surface area contributed by atoms with Crippen LogP contribution in [0, 0.1) is 0 Å². The lowest BCUT2D eigenvalue weighted by molar-refractivity contribution is -0.274. The Morgan fingerprint density at radius 3 is 2.00 bits per heavy atom. The summed E-state index contributed by atoms with van der Waals surface area (Å²) in [5.74, 6) is 0.834. The zero-order valence-electron chi connectivity index (χ0n) is 11.4. The lowest BCUT2D eigenvalue weighted by atomic mass is 10.3. The molecule has 1 heterocycles. The van der Waals surface area contributed by atoms with Gasteiger partial charge in [0.05, 0.1) is 20.4 Å². The summed E-state index contributed by atoms with van der Waals surface area (Å²) in [5.41, 5.74) is 0. The van der Waals surface area contributed by atoms with Crippen LogP contribution in [0.25, 0.3) is 0 Å². The quantitative estimate of drug-likeness (QED) is 0.867. The van der Waals surface area contributed by atoms with Gasteiger partial charge in [0.25, 0.3) is 0 Å². The van der Waals surface area contributed by atoms with Crippen LogP contribution >= 0.6 is 0 Å². The molecular weight excluding hydrogens is 287 g/mol. The summed E-state index contributed by atoms with van der Waals surface area (Å²) in [7, 11) is 2.99. The van der Waals surface area contributed by atoms with E-state index in [1.54, 1.807) is 19.5 Å². The van der Waals surface area contributed by atoms with Crippen molar-refractivity contribution in [1.82, 2.24) is 4.98 Å². The molecule has 0 saturated carbocycles. The van der Waals surface area contributed by atoms with Crippen molar-refractivity contribution in [3.8, 4) is 17.2 Å². The van der Waals surface area contributed by atoms with Crippen molar-refractivity contribution in [2.45, 2.75) is 6.36 Å². The predicted octanol–water partition coefficient (Wildman–Crippen LogP) is 3.68. The Labute approximate surface area is 120 Å². The molecular formula is C14H14F3NO3. The summed E-state index contributed by atoms with van der Waals surface area (Å²) in [6, 6.07) is 9.00. The molecule has 0 N–H and O–H groups in total. The number of hydrogen-bond acceptors (Lipinski definition) is 4. The summed E-state index contributed by atoms with van der Waals surface area (Å²) >= 11 is 0. The van der Waals surface area contributed by atoms with E-state index in [-0.39, 0.29) is 5.75 Å². The Morgan fingerprint density at radius 1 is 0.905 bits per heavy atom. The van der Waals surface area contributed by atoms with Gasteiger partial charge in [-0.15, -0.1) is 13.2 Å². The third kappa shape index (κ3) is 7.05. The van der Waals surface area contributed by atoms with Crippen molar-refractivity contribution in [2.75, 3.05) is 14.2 Å². The Bertz CT molecular complexity index is 532. The highest BCUT2D eigenvalue weighted by Crippen LogP contribution is 2.25. The van der Waals surface area contributed by atoms with Gasteiger partial charge >= 0.3 is 6.36 Å². The van der Waals surface area contributed by atoms with E-state index in [0.29, 0.717) is 5.75 Å². The SMILES string of the molecule is COc1cccc(OC(F)(F)F)c1.COc1cccnc1. The van der Waals surface area contributed by atoms with E-state index in [0.717, 1.165) is 11.8 Å². The predicted molar refractivity (Wildman–Crippen MR) is 70.5 cm³/mol. The maximum absolute atomic E-state index is 11.7. The summed E-state index contributed by atoms with van der Waals surface area (Å²) in [5, 5.41) is 0. The standard InChI is InChI=1S/C8H7F3O2.C6H7NO/c1-12-6-3-2-4-7(5-6)13-8(9,10)11;1-8-6-3-2-4-7-5-6/h2-5H,1H3;2-5H,1H3. The number of alkyl halides is 3. The molecule has 0 atom stereocenters. The largest absolute Gasteiger partial charge is 0.573 e. The van der Waals surface area contributed by atoms with Crippen LogP contribution in [0.4, 0.5) is 13.2 Å². The first kappa shape index (κ1) is 16.6. The average molecular weight is 301 g/mol. The number of hydrogen-bond donors (Lipinski definition) is 0. The van der Waals surface area contributed by atoms with E-state index < -0.39 is 6.36 Å². The van der Waals surface area contributed by atoms with Gasteiger partial charge in [0.1, 0.15) is 17.2 Å². The number of methoxy groups -OCH3 is 2. The molecule has 0 unspecified atom stereocenters. The highest BCUT2D eigenvalue weighted by atomic mass is 19.4. The monoisotopic (exact) mass is 301 g/mol. The van der Waals surface area contributed by atoms with E-state index in [2.05, 4.69) is 9.72 Å². The smallest absolute Gasteiger partial charge is 0.497 e. The Morgan fingerprint density at radius 2 is 1.52 bits per heavy atom. The summed E-state index contributed by atoms with van der Waals surface area (Å²) < 4.78 is 48.4. The normalized spacial score (nSPS) is 10.1. The lowest BCUT2D eigenvalue weighted by Gasteiger charge is -2.09. The highest BCUT2D eigenvalue weighted by Gasteiger charge is 2.31. The van der Waals surface area contributed by atoms with Crippen molar-refractivity contribution in [1.29, 1.82) is 0 Å². The van der Waals surface area contributed by atoms with Crippen molar-refractivity contribution in [2.24, 2.45) is 0 Å². The average Bonchev–Trinajstić information content (AvgIpc) is 2.47. The first-order valence-corrected chi connectivity index (χ1v) is 5.78. The van der Waals surface area contributed by atoms with E-state index in [1.807, 2.05) is 12.1 Å². The second-order valence-corrected chi connectivity index (χ2v) is 3.62. The van der Waals surface area contributed by atoms with Crippen LogP contribution in [-0.2, 0) is 0 Å². The molecule has 7 heteroatoms. The molecule has 1 aromatic heterocycles. The minimum absolute atomic E-state index is 0.285. The zero-order valence-corrected chi connectivity index (χ0v) is 11.4. The number of benzene rings is 1. The van der Waals surface area contributed by atoms with Gasteiger partial charge in [-0.2, -0.15) is 0 Å². The molecule has 0 radical (unpaired) electrons. The molecule has 0 fully saturated rings. The fourth-order valence-electron chi connectivity index (χ4n) is 1.27. The minimum atomic E-state index is -4.66. The molecule has 0 saturated heterocycles. The fraction of sp³-hybridized carbons (Fsp3) is 0.214. The second-order valence-electron chi connectivity index (χ2n) is 3.62. The Balaban J connectivity index is 0.000000235. The molecule has 0 aliphatic rings. The third-order valence-electron chi connectivity index (χ3n) is 2.14. The van der Waals surface area contributed by atoms with Gasteiger partial charge in [0.15, 0.2) is 0 Å². The molecule has 0 amide bonds. The lowest BCUT2D eigenvalue weighted by Crippen LogP contribution is -2.17. The van der Waals surface area contributed by atoms with Crippen LogP contribution in [-0.4, -0.2) is 25.6 Å². The molecule has 0 aliphatic heterocycles. The number of pyridine rings is 1. The first-order chi connectivity index (χ1) is 9.94. The van der Waals surface area contributed by atoms with Crippen molar-refractivity contribution in [3.05, 3.63) is 48.8 Å². The summed E-state index contributed by atoms with van der Waals surface area (Å²) in [4.78, 5) is 3.83. The van der Waals surface area contributed by atoms with E-state index in [9.17, 15) is 13.2 Å². The molecule has 2 rings (SSSR count). The third-order valence-corrected chi connectivity index (χ3v) is 2.14. The van der Waals surface area contributed by atoms with E-state index >= 15 is 0 Å². The van der Waals surface area contributed by atoms with Crippen molar-refractivity contribution in [3.63, 3.8) is 0 Å². The minimum Gasteiger partial charge on any atom is -0.497 e. The van der Waals surface area contributed by atoms with Crippen LogP contribution < -0.4 is 14.2 Å². The number of ether oxygens (including phenoxy) is 3. The molecule has 4 nitrogen and oxygen atoms in total. The summed E-state index contributed by atoms with van der Waals surface area (Å²) in [6.07, 6.45) is -1.28. The Hall–Kier alpha value is -2.44. The van der Waals surface area contributed by atoms with Gasteiger partial charge in [0.2, 0.25) is 0 Å². The maximum atomic E-state index is 11.7. The van der Waals surface area contributed by atoms with Crippen LogP contribution in [0.1, 0.15) is 0 Å². The first-order valence-electron chi connectivity index (χ1n) is 5.78. The van der Waals surface area contributed by atoms with Gasteiger partial charge < -0.3 is 14.2 Å². The molecule has 0 bridgehead atoms. The maximum Gasteiger partial charge on any atom is 0.573 e. The highest BCUT2D eigenvalue weighted by molar-refractivity contribution is 5.32. The number of nitrogens with zero attached hydrogens (tertiary/aromatic N) is 1. The van der Waals surface area contributed by atoms with Gasteiger partial charge in [-0.3, -0.25) is 4.98 Å². The van der Waals surface area contributed by atoms with Crippen LogP contribution in [0.3, 0.4) is 0 Å². The molecule has 2 aromatic rings. The van der Waals surface area contributed by atoms with Gasteiger partial charge in [-0.05, 0) is 24.3 Å². The van der Waals surface area contributed by atoms with Crippen LogP contribution in [0.15, 0.2) is 48.8 Å². The summed E-state index contributed by atoms with van der Waals surface area (Å²) in [6.45, 7) is 0. The van der Waals surface area contributed by atoms with E-state index in [1.165, 1.54) is 25.3 Å². The van der Waals surface area contributed by atoms with Gasteiger partial charge in [-0.1, -0.05) is 6.07 Å². The van der Waals surface area contributed by atoms with Crippen LogP contribution in [0.2, 0.25) is 0 Å². The Kier molecular flexibility index (Phi) is 6.32. The fourth-order valence-corrected chi connectivity index (χ4v) is 1.27. The van der Waals surface area contributed by atoms with Gasteiger partial charge in [0, 0.05) is 12.3 Å². The van der Waals surface area contributed by atoms with Crippen molar-refractivity contribution < 1.29 is 27.4 Å².